The maximum absolute atomic E-state index is 3.85. The number of hydrogen-bond donors (Lipinski definition) is 1. The first-order chi connectivity index (χ1) is 8.01. The lowest BCUT2D eigenvalue weighted by molar-refractivity contribution is -0.155. The Labute approximate surface area is 106 Å². The highest BCUT2D eigenvalue weighted by molar-refractivity contribution is 5.14. The van der Waals surface area contributed by atoms with Crippen LogP contribution in [0, 0.1) is 22.2 Å². The fourth-order valence-electron chi connectivity index (χ4n) is 7.13. The van der Waals surface area contributed by atoms with Crippen molar-refractivity contribution < 1.29 is 0 Å². The van der Waals surface area contributed by atoms with Gasteiger partial charge >= 0.3 is 0 Å². The minimum atomic E-state index is 0.693. The predicted octanol–water partition coefficient (Wildman–Crippen LogP) is 3.74. The summed E-state index contributed by atoms with van der Waals surface area (Å²) in [5.41, 5.74) is 2.08. The van der Waals surface area contributed by atoms with Gasteiger partial charge in [0.25, 0.3) is 0 Å². The summed E-state index contributed by atoms with van der Waals surface area (Å²) in [6, 6.07) is 0.865. The van der Waals surface area contributed by atoms with E-state index in [2.05, 4.69) is 19.2 Å². The van der Waals surface area contributed by atoms with Gasteiger partial charge in [0.05, 0.1) is 0 Å². The minimum Gasteiger partial charge on any atom is -0.313 e. The monoisotopic (exact) mass is 233 g/mol. The maximum Gasteiger partial charge on any atom is 0.0124 e. The van der Waals surface area contributed by atoms with Crippen LogP contribution in [0.3, 0.4) is 0 Å². The van der Waals surface area contributed by atoms with Gasteiger partial charge in [0.2, 0.25) is 0 Å². The van der Waals surface area contributed by atoms with E-state index in [4.69, 9.17) is 0 Å². The largest absolute Gasteiger partial charge is 0.313 e. The molecule has 17 heavy (non-hydrogen) atoms. The maximum atomic E-state index is 3.85. The van der Waals surface area contributed by atoms with Crippen molar-refractivity contribution in [3.63, 3.8) is 0 Å². The van der Waals surface area contributed by atoms with E-state index in [1.807, 2.05) is 0 Å². The van der Waals surface area contributed by atoms with Gasteiger partial charge in [0.1, 0.15) is 0 Å². The van der Waals surface area contributed by atoms with Crippen LogP contribution in [0.5, 0.6) is 0 Å². The van der Waals surface area contributed by atoms with Crippen LogP contribution >= 0.6 is 0 Å². The van der Waals surface area contributed by atoms with Gasteiger partial charge in [-0.1, -0.05) is 13.8 Å². The molecule has 3 atom stereocenters. The van der Waals surface area contributed by atoms with Crippen molar-refractivity contribution in [1.82, 2.24) is 5.32 Å². The summed E-state index contributed by atoms with van der Waals surface area (Å²) in [6.07, 6.45) is 12.1. The summed E-state index contributed by atoms with van der Waals surface area (Å²) in [4.78, 5) is 0. The van der Waals surface area contributed by atoms with Crippen LogP contribution in [0.1, 0.15) is 65.2 Å². The molecular weight excluding hydrogens is 206 g/mol. The first-order valence-electron chi connectivity index (χ1n) is 7.75. The van der Waals surface area contributed by atoms with E-state index in [1.54, 1.807) is 6.42 Å². The van der Waals surface area contributed by atoms with E-state index in [-0.39, 0.29) is 0 Å². The van der Waals surface area contributed by atoms with Gasteiger partial charge in [-0.15, -0.1) is 0 Å². The average Bonchev–Trinajstić information content (AvgIpc) is 2.63. The van der Waals surface area contributed by atoms with Crippen molar-refractivity contribution in [2.45, 2.75) is 71.3 Å². The van der Waals surface area contributed by atoms with Crippen molar-refractivity contribution in [1.29, 1.82) is 0 Å². The lowest BCUT2D eigenvalue weighted by Gasteiger charge is -2.67. The third kappa shape index (κ3) is 1.47. The Morgan fingerprint density at radius 2 is 1.65 bits per heavy atom. The number of hydrogen-bond acceptors (Lipinski definition) is 1. The normalized spacial score (nSPS) is 61.1. The second-order valence-corrected chi connectivity index (χ2v) is 8.64. The Morgan fingerprint density at radius 1 is 0.941 bits per heavy atom. The first kappa shape index (κ1) is 10.8. The molecule has 0 radical (unpaired) electrons. The molecule has 0 aromatic carbocycles. The van der Waals surface area contributed by atoms with Crippen molar-refractivity contribution >= 4 is 0 Å². The molecule has 0 aromatic rings. The predicted molar refractivity (Wildman–Crippen MR) is 70.9 cm³/mol. The lowest BCUT2D eigenvalue weighted by Crippen LogP contribution is -2.60. The van der Waals surface area contributed by atoms with Crippen LogP contribution in [0.4, 0.5) is 0 Å². The minimum absolute atomic E-state index is 0.693. The summed E-state index contributed by atoms with van der Waals surface area (Å²) in [6.45, 7) is 6.48. The summed E-state index contributed by atoms with van der Waals surface area (Å²) in [5, 5.41) is 3.85. The molecular formula is C16H27N. The van der Waals surface area contributed by atoms with Crippen molar-refractivity contribution in [3.05, 3.63) is 0 Å². The van der Waals surface area contributed by atoms with E-state index in [1.165, 1.54) is 51.5 Å². The summed E-state index contributed by atoms with van der Waals surface area (Å²) < 4.78 is 0. The average molecular weight is 233 g/mol. The highest BCUT2D eigenvalue weighted by Gasteiger charge is 2.62. The summed E-state index contributed by atoms with van der Waals surface area (Å²) >= 11 is 0. The van der Waals surface area contributed by atoms with Crippen LogP contribution in [-0.2, 0) is 0 Å². The Balaban J connectivity index is 1.72. The fourth-order valence-corrected chi connectivity index (χ4v) is 7.13. The molecule has 4 bridgehead atoms. The van der Waals surface area contributed by atoms with E-state index >= 15 is 0 Å². The van der Waals surface area contributed by atoms with Gasteiger partial charge in [0.15, 0.2) is 0 Å². The Kier molecular flexibility index (Phi) is 1.98. The molecule has 1 N–H and O–H groups in total. The molecule has 1 saturated heterocycles. The molecule has 5 fully saturated rings. The Hall–Kier alpha value is -0.0400. The third-order valence-electron chi connectivity index (χ3n) is 6.47. The molecule has 0 spiro atoms. The van der Waals surface area contributed by atoms with Crippen LogP contribution < -0.4 is 5.32 Å². The third-order valence-corrected chi connectivity index (χ3v) is 6.47. The molecule has 1 nitrogen and oxygen atoms in total. The van der Waals surface area contributed by atoms with E-state index in [9.17, 15) is 0 Å². The second kappa shape index (κ2) is 3.10. The molecule has 5 aliphatic rings. The molecule has 1 heterocycles. The van der Waals surface area contributed by atoms with Gasteiger partial charge in [-0.05, 0) is 80.1 Å². The van der Waals surface area contributed by atoms with Crippen LogP contribution in [0.2, 0.25) is 0 Å². The van der Waals surface area contributed by atoms with Gasteiger partial charge < -0.3 is 5.32 Å². The van der Waals surface area contributed by atoms with Gasteiger partial charge in [0, 0.05) is 6.04 Å². The van der Waals surface area contributed by atoms with E-state index < -0.39 is 0 Å². The number of rotatable bonds is 1. The number of nitrogens with one attached hydrogen (secondary N) is 1. The zero-order valence-corrected chi connectivity index (χ0v) is 11.5. The molecule has 4 saturated carbocycles. The van der Waals surface area contributed by atoms with Crippen molar-refractivity contribution in [2.24, 2.45) is 22.2 Å². The van der Waals surface area contributed by atoms with Gasteiger partial charge in [-0.25, -0.2) is 0 Å². The smallest absolute Gasteiger partial charge is 0.0124 e. The zero-order valence-electron chi connectivity index (χ0n) is 11.5. The fraction of sp³-hybridized carbons (Fsp3) is 1.00. The van der Waals surface area contributed by atoms with E-state index in [0.29, 0.717) is 16.2 Å². The van der Waals surface area contributed by atoms with Crippen molar-refractivity contribution in [2.75, 3.05) is 6.54 Å². The molecule has 1 aliphatic heterocycles. The SMILES string of the molecule is CC12CC3CC(C)(C1)CC(C1CCCN1)(C3)C2. The van der Waals surface area contributed by atoms with Crippen LogP contribution in [0.25, 0.3) is 0 Å². The molecule has 1 heteroatoms. The highest BCUT2D eigenvalue weighted by atomic mass is 15.0. The Bertz CT molecular complexity index is 323. The van der Waals surface area contributed by atoms with Gasteiger partial charge in [-0.2, -0.15) is 0 Å². The van der Waals surface area contributed by atoms with Crippen molar-refractivity contribution in [3.8, 4) is 0 Å². The second-order valence-electron chi connectivity index (χ2n) is 8.64. The lowest BCUT2D eigenvalue weighted by atomic mass is 9.39. The van der Waals surface area contributed by atoms with Gasteiger partial charge in [-0.3, -0.25) is 0 Å². The van der Waals surface area contributed by atoms with Crippen LogP contribution in [-0.4, -0.2) is 12.6 Å². The zero-order chi connectivity index (χ0) is 11.7. The topological polar surface area (TPSA) is 12.0 Å². The molecule has 96 valence electrons. The summed E-state index contributed by atoms with van der Waals surface area (Å²) in [7, 11) is 0. The Morgan fingerprint density at radius 3 is 2.18 bits per heavy atom. The molecule has 4 aliphatic carbocycles. The van der Waals surface area contributed by atoms with E-state index in [0.717, 1.165) is 12.0 Å². The highest BCUT2D eigenvalue weighted by Crippen LogP contribution is 2.70. The molecule has 3 unspecified atom stereocenters. The summed E-state index contributed by atoms with van der Waals surface area (Å²) in [5.74, 6) is 1.06. The van der Waals surface area contributed by atoms with Crippen LogP contribution in [0.15, 0.2) is 0 Å². The molecule has 0 aromatic heterocycles. The standard InChI is InChI=1S/C16H27N/c1-14-6-12-7-15(2,9-14)11-16(8-12,10-14)13-4-3-5-17-13/h12-13,17H,3-11H2,1-2H3. The quantitative estimate of drug-likeness (QED) is 0.727. The molecule has 5 rings (SSSR count). The molecule has 0 amide bonds. The first-order valence-corrected chi connectivity index (χ1v) is 7.75.